The van der Waals surface area contributed by atoms with E-state index in [2.05, 4.69) is 21.5 Å². The molecule has 0 spiro atoms. The summed E-state index contributed by atoms with van der Waals surface area (Å²) in [5, 5.41) is 5.91. The van der Waals surface area contributed by atoms with Gasteiger partial charge in [0, 0.05) is 18.2 Å². The number of aromatic nitrogens is 1. The van der Waals surface area contributed by atoms with Crippen LogP contribution in [0.25, 0.3) is 0 Å². The summed E-state index contributed by atoms with van der Waals surface area (Å²) in [6.07, 6.45) is 7.60. The maximum Gasteiger partial charge on any atom is 0.253 e. The highest BCUT2D eigenvalue weighted by atomic mass is 19.1. The predicted octanol–water partition coefficient (Wildman–Crippen LogP) is 2.55. The molecular weight excluding hydrogens is 293 g/mol. The molecular formula is C18H16FN3O. The normalized spacial score (nSPS) is 18.8. The quantitative estimate of drug-likeness (QED) is 0.835. The van der Waals surface area contributed by atoms with E-state index < -0.39 is 0 Å². The van der Waals surface area contributed by atoms with Crippen molar-refractivity contribution >= 4 is 11.7 Å². The maximum absolute atomic E-state index is 12.9. The van der Waals surface area contributed by atoms with E-state index in [-0.39, 0.29) is 24.3 Å². The van der Waals surface area contributed by atoms with Crippen LogP contribution < -0.4 is 10.6 Å². The molecule has 2 aromatic rings. The Bertz CT molecular complexity index is 734. The first-order valence-corrected chi connectivity index (χ1v) is 7.37. The summed E-state index contributed by atoms with van der Waals surface area (Å²) in [7, 11) is 0. The highest BCUT2D eigenvalue weighted by molar-refractivity contribution is 5.94. The maximum atomic E-state index is 12.9. The SMILES string of the molecule is C#CCNC(=O)c1ccc(N[C@@H]2C[C@H]2c2ccc(F)cc2)nc1. The lowest BCUT2D eigenvalue weighted by Gasteiger charge is -2.06. The molecule has 5 heteroatoms. The molecule has 116 valence electrons. The van der Waals surface area contributed by atoms with Crippen molar-refractivity contribution in [2.45, 2.75) is 18.4 Å². The second-order valence-corrected chi connectivity index (χ2v) is 5.46. The minimum absolute atomic E-state index is 0.195. The zero-order valence-electron chi connectivity index (χ0n) is 12.4. The zero-order chi connectivity index (χ0) is 16.2. The lowest BCUT2D eigenvalue weighted by atomic mass is 10.1. The van der Waals surface area contributed by atoms with Crippen molar-refractivity contribution in [3.63, 3.8) is 0 Å². The lowest BCUT2D eigenvalue weighted by molar-refractivity contribution is 0.0958. The van der Waals surface area contributed by atoms with Crippen molar-refractivity contribution in [2.75, 3.05) is 11.9 Å². The van der Waals surface area contributed by atoms with Crippen LogP contribution >= 0.6 is 0 Å². The van der Waals surface area contributed by atoms with Crippen LogP contribution in [0.5, 0.6) is 0 Å². The van der Waals surface area contributed by atoms with Gasteiger partial charge in [-0.3, -0.25) is 4.79 Å². The topological polar surface area (TPSA) is 54.0 Å². The Kier molecular flexibility index (Phi) is 4.24. The van der Waals surface area contributed by atoms with Gasteiger partial charge in [-0.2, -0.15) is 0 Å². The van der Waals surface area contributed by atoms with Gasteiger partial charge < -0.3 is 10.6 Å². The molecule has 1 fully saturated rings. The van der Waals surface area contributed by atoms with Gasteiger partial charge in [-0.25, -0.2) is 9.37 Å². The van der Waals surface area contributed by atoms with Gasteiger partial charge in [0.15, 0.2) is 0 Å². The van der Waals surface area contributed by atoms with Crippen molar-refractivity contribution in [2.24, 2.45) is 0 Å². The zero-order valence-corrected chi connectivity index (χ0v) is 12.4. The van der Waals surface area contributed by atoms with Gasteiger partial charge in [0.05, 0.1) is 12.1 Å². The van der Waals surface area contributed by atoms with Crippen LogP contribution in [0.4, 0.5) is 10.2 Å². The summed E-state index contributed by atoms with van der Waals surface area (Å²) in [4.78, 5) is 16.0. The molecule has 1 aliphatic carbocycles. The number of hydrogen-bond donors (Lipinski definition) is 2. The van der Waals surface area contributed by atoms with Crippen molar-refractivity contribution in [1.29, 1.82) is 0 Å². The van der Waals surface area contributed by atoms with E-state index in [0.717, 1.165) is 12.0 Å². The predicted molar refractivity (Wildman–Crippen MR) is 86.6 cm³/mol. The molecule has 1 aromatic heterocycles. The average Bonchev–Trinajstić information content (AvgIpc) is 3.33. The Morgan fingerprint density at radius 3 is 2.74 bits per heavy atom. The van der Waals surface area contributed by atoms with Crippen LogP contribution in [-0.2, 0) is 0 Å². The van der Waals surface area contributed by atoms with E-state index in [1.165, 1.54) is 18.3 Å². The number of carbonyl (C=O) groups excluding carboxylic acids is 1. The highest BCUT2D eigenvalue weighted by Crippen LogP contribution is 2.42. The summed E-state index contributed by atoms with van der Waals surface area (Å²) < 4.78 is 12.9. The first kappa shape index (κ1) is 15.0. The average molecular weight is 309 g/mol. The van der Waals surface area contributed by atoms with Gasteiger partial charge in [0.1, 0.15) is 11.6 Å². The first-order chi connectivity index (χ1) is 11.2. The van der Waals surface area contributed by atoms with Crippen LogP contribution in [-0.4, -0.2) is 23.5 Å². The monoisotopic (exact) mass is 309 g/mol. The number of carbonyl (C=O) groups is 1. The molecule has 2 atom stereocenters. The second-order valence-electron chi connectivity index (χ2n) is 5.46. The molecule has 0 radical (unpaired) electrons. The van der Waals surface area contributed by atoms with Crippen molar-refractivity contribution in [1.82, 2.24) is 10.3 Å². The number of halogens is 1. The van der Waals surface area contributed by atoms with Crippen LogP contribution in [0.3, 0.4) is 0 Å². The summed E-state index contributed by atoms with van der Waals surface area (Å²) in [5.41, 5.74) is 1.59. The molecule has 0 unspecified atom stereocenters. The Morgan fingerprint density at radius 2 is 2.09 bits per heavy atom. The smallest absolute Gasteiger partial charge is 0.253 e. The number of nitrogens with one attached hydrogen (secondary N) is 2. The molecule has 0 bridgehead atoms. The number of pyridine rings is 1. The number of benzene rings is 1. The minimum atomic E-state index is -0.238. The molecule has 3 rings (SSSR count). The number of rotatable bonds is 5. The largest absolute Gasteiger partial charge is 0.367 e. The summed E-state index contributed by atoms with van der Waals surface area (Å²) in [6, 6.07) is 10.3. The first-order valence-electron chi connectivity index (χ1n) is 7.37. The minimum Gasteiger partial charge on any atom is -0.367 e. The van der Waals surface area contributed by atoms with Crippen LogP contribution in [0.2, 0.25) is 0 Å². The van der Waals surface area contributed by atoms with E-state index in [1.54, 1.807) is 12.1 Å². The van der Waals surface area contributed by atoms with Gasteiger partial charge in [0.25, 0.3) is 5.91 Å². The molecule has 0 saturated heterocycles. The second kappa shape index (κ2) is 6.49. The molecule has 23 heavy (non-hydrogen) atoms. The molecule has 1 amide bonds. The fourth-order valence-electron chi connectivity index (χ4n) is 2.47. The van der Waals surface area contributed by atoms with E-state index >= 15 is 0 Å². The van der Waals surface area contributed by atoms with E-state index in [4.69, 9.17) is 6.42 Å². The van der Waals surface area contributed by atoms with Crippen molar-refractivity contribution < 1.29 is 9.18 Å². The van der Waals surface area contributed by atoms with Gasteiger partial charge >= 0.3 is 0 Å². The van der Waals surface area contributed by atoms with Crippen LogP contribution in [0, 0.1) is 18.2 Å². The third kappa shape index (κ3) is 3.67. The van der Waals surface area contributed by atoms with Gasteiger partial charge in [-0.05, 0) is 36.2 Å². The molecule has 4 nitrogen and oxygen atoms in total. The number of hydrogen-bond acceptors (Lipinski definition) is 3. The summed E-state index contributed by atoms with van der Waals surface area (Å²) in [5.74, 6) is 2.98. The molecule has 1 aliphatic rings. The third-order valence-electron chi connectivity index (χ3n) is 3.80. The Balaban J connectivity index is 1.56. The lowest BCUT2D eigenvalue weighted by Crippen LogP contribution is -2.23. The summed E-state index contributed by atoms with van der Waals surface area (Å²) >= 11 is 0. The van der Waals surface area contributed by atoms with Crippen LogP contribution in [0.1, 0.15) is 28.3 Å². The fraction of sp³-hybridized carbons (Fsp3) is 0.222. The number of anilines is 1. The fourth-order valence-corrected chi connectivity index (χ4v) is 2.47. The molecule has 2 N–H and O–H groups in total. The van der Waals surface area contributed by atoms with Gasteiger partial charge in [-0.15, -0.1) is 6.42 Å². The Hall–Kier alpha value is -2.87. The number of terminal acetylenes is 1. The third-order valence-corrected chi connectivity index (χ3v) is 3.80. The highest BCUT2D eigenvalue weighted by Gasteiger charge is 2.38. The van der Waals surface area contributed by atoms with E-state index in [9.17, 15) is 9.18 Å². The van der Waals surface area contributed by atoms with Crippen molar-refractivity contribution in [3.8, 4) is 12.3 Å². The van der Waals surface area contributed by atoms with Gasteiger partial charge in [0.2, 0.25) is 0 Å². The standard InChI is InChI=1S/C18H16FN3O/c1-2-9-20-18(23)13-5-8-17(21-11-13)22-16-10-15(16)12-3-6-14(19)7-4-12/h1,3-8,11,15-16H,9-10H2,(H,20,23)(H,21,22)/t15-,16+/m0/s1. The van der Waals surface area contributed by atoms with Crippen molar-refractivity contribution in [3.05, 3.63) is 59.5 Å². The summed E-state index contributed by atoms with van der Waals surface area (Å²) in [6.45, 7) is 0.195. The molecule has 1 aromatic carbocycles. The Labute approximate surface area is 134 Å². The van der Waals surface area contributed by atoms with Crippen LogP contribution in [0.15, 0.2) is 42.6 Å². The Morgan fingerprint density at radius 1 is 1.30 bits per heavy atom. The number of nitrogens with zero attached hydrogens (tertiary/aromatic N) is 1. The van der Waals surface area contributed by atoms with E-state index in [1.807, 2.05) is 12.1 Å². The van der Waals surface area contributed by atoms with Gasteiger partial charge in [-0.1, -0.05) is 18.1 Å². The molecule has 1 saturated carbocycles. The number of amides is 1. The molecule has 1 heterocycles. The molecule has 0 aliphatic heterocycles. The van der Waals surface area contributed by atoms with E-state index in [0.29, 0.717) is 17.3 Å².